The first-order valence-electron chi connectivity index (χ1n) is 8.39. The number of nitrogens with zero attached hydrogens (tertiary/aromatic N) is 1. The van der Waals surface area contributed by atoms with Gasteiger partial charge in [0.2, 0.25) is 5.69 Å². The third-order valence-corrected chi connectivity index (χ3v) is 4.89. The average molecular weight is 304 g/mol. The van der Waals surface area contributed by atoms with E-state index in [1.165, 1.54) is 44.3 Å². The second-order valence-corrected chi connectivity index (χ2v) is 7.03. The van der Waals surface area contributed by atoms with Gasteiger partial charge in [-0.15, -0.1) is 0 Å². The Hall–Kier alpha value is -2.15. The maximum absolute atomic E-state index is 2.33. The predicted molar refractivity (Wildman–Crippen MR) is 98.9 cm³/mol. The molecule has 1 heterocycles. The molecule has 3 rings (SSSR count). The number of fused-ring (bicyclic) bond motifs is 1. The molecule has 0 aliphatic carbocycles. The molecule has 0 unspecified atom stereocenters. The lowest BCUT2D eigenvalue weighted by molar-refractivity contribution is -0.659. The first kappa shape index (κ1) is 15.7. The van der Waals surface area contributed by atoms with Gasteiger partial charge in [-0.05, 0) is 60.9 Å². The maximum atomic E-state index is 2.33. The molecule has 0 radical (unpaired) electrons. The third-order valence-electron chi connectivity index (χ3n) is 4.89. The molecule has 23 heavy (non-hydrogen) atoms. The van der Waals surface area contributed by atoms with Crippen molar-refractivity contribution in [1.82, 2.24) is 0 Å². The summed E-state index contributed by atoms with van der Waals surface area (Å²) in [5.41, 5.74) is 8.09. The summed E-state index contributed by atoms with van der Waals surface area (Å²) in [6.07, 6.45) is 2.18. The van der Waals surface area contributed by atoms with Gasteiger partial charge in [-0.25, -0.2) is 4.57 Å². The van der Waals surface area contributed by atoms with Gasteiger partial charge >= 0.3 is 0 Å². The number of rotatable bonds is 2. The van der Waals surface area contributed by atoms with E-state index in [0.717, 1.165) is 0 Å². The highest BCUT2D eigenvalue weighted by molar-refractivity contribution is 5.94. The van der Waals surface area contributed by atoms with E-state index in [9.17, 15) is 0 Å². The van der Waals surface area contributed by atoms with Crippen LogP contribution in [0, 0.1) is 20.8 Å². The standard InChI is InChI=1S/C22H26N/c1-14(2)18-7-8-20-19(13-18)9-10-23(6)22(20)21-12-15(3)11-16(4)17(21)5/h7-14H,1-6H3/q+1. The highest BCUT2D eigenvalue weighted by atomic mass is 14.9. The highest BCUT2D eigenvalue weighted by Crippen LogP contribution is 2.31. The van der Waals surface area contributed by atoms with Crippen LogP contribution in [0.3, 0.4) is 0 Å². The smallest absolute Gasteiger partial charge is 0.200 e. The van der Waals surface area contributed by atoms with Crippen molar-refractivity contribution in [2.75, 3.05) is 0 Å². The van der Waals surface area contributed by atoms with E-state index in [1.807, 2.05) is 0 Å². The molecule has 118 valence electrons. The minimum Gasteiger partial charge on any atom is -0.200 e. The lowest BCUT2D eigenvalue weighted by Crippen LogP contribution is -2.30. The van der Waals surface area contributed by atoms with Crippen molar-refractivity contribution in [2.45, 2.75) is 40.5 Å². The normalized spacial score (nSPS) is 11.4. The van der Waals surface area contributed by atoms with Gasteiger partial charge < -0.3 is 0 Å². The zero-order valence-corrected chi connectivity index (χ0v) is 15.1. The molecule has 0 saturated carbocycles. The van der Waals surface area contributed by atoms with Crippen molar-refractivity contribution in [3.63, 3.8) is 0 Å². The van der Waals surface area contributed by atoms with E-state index in [-0.39, 0.29) is 0 Å². The number of aryl methyl sites for hydroxylation is 3. The van der Waals surface area contributed by atoms with Gasteiger partial charge in [0.25, 0.3) is 0 Å². The molecule has 2 aromatic carbocycles. The Balaban J connectivity index is 2.35. The largest absolute Gasteiger partial charge is 0.220 e. The molecule has 0 aliphatic heterocycles. The van der Waals surface area contributed by atoms with Crippen molar-refractivity contribution in [2.24, 2.45) is 7.05 Å². The number of aromatic nitrogens is 1. The third kappa shape index (κ3) is 2.76. The fourth-order valence-electron chi connectivity index (χ4n) is 3.37. The number of hydrogen-bond acceptors (Lipinski definition) is 0. The molecule has 1 nitrogen and oxygen atoms in total. The summed E-state index contributed by atoms with van der Waals surface area (Å²) < 4.78 is 2.25. The van der Waals surface area contributed by atoms with Crippen LogP contribution in [0.4, 0.5) is 0 Å². The van der Waals surface area contributed by atoms with E-state index < -0.39 is 0 Å². The predicted octanol–water partition coefficient (Wildman–Crippen LogP) is 5.38. The molecule has 0 fully saturated rings. The summed E-state index contributed by atoms with van der Waals surface area (Å²) in [5, 5.41) is 2.65. The second-order valence-electron chi connectivity index (χ2n) is 7.03. The summed E-state index contributed by atoms with van der Waals surface area (Å²) in [6.45, 7) is 11.1. The van der Waals surface area contributed by atoms with E-state index in [2.05, 4.69) is 88.8 Å². The number of hydrogen-bond donors (Lipinski definition) is 0. The first-order chi connectivity index (χ1) is 10.9. The molecular weight excluding hydrogens is 278 g/mol. The Morgan fingerprint density at radius 2 is 1.65 bits per heavy atom. The molecule has 0 aliphatic rings. The van der Waals surface area contributed by atoms with Gasteiger partial charge in [0.05, 0.1) is 10.9 Å². The van der Waals surface area contributed by atoms with Crippen LogP contribution in [-0.2, 0) is 7.05 Å². The lowest BCUT2D eigenvalue weighted by atomic mass is 9.93. The Labute approximate surface area is 139 Å². The van der Waals surface area contributed by atoms with Crippen LogP contribution in [0.25, 0.3) is 22.0 Å². The van der Waals surface area contributed by atoms with E-state index in [1.54, 1.807) is 0 Å². The molecule has 0 N–H and O–H groups in total. The monoisotopic (exact) mass is 304 g/mol. The van der Waals surface area contributed by atoms with Crippen LogP contribution in [0.2, 0.25) is 0 Å². The van der Waals surface area contributed by atoms with Gasteiger partial charge in [0, 0.05) is 6.07 Å². The van der Waals surface area contributed by atoms with Crippen molar-refractivity contribution in [3.05, 3.63) is 64.8 Å². The van der Waals surface area contributed by atoms with Gasteiger partial charge in [-0.1, -0.05) is 37.6 Å². The van der Waals surface area contributed by atoms with Crippen molar-refractivity contribution >= 4 is 10.8 Å². The minimum atomic E-state index is 0.555. The molecule has 0 spiro atoms. The maximum Gasteiger partial charge on any atom is 0.220 e. The quantitative estimate of drug-likeness (QED) is 0.560. The SMILES string of the molecule is Cc1cc(C)c(C)c(-c2c3ccc(C(C)C)cc3cc[n+]2C)c1. The van der Waals surface area contributed by atoms with Crippen LogP contribution in [-0.4, -0.2) is 0 Å². The van der Waals surface area contributed by atoms with Gasteiger partial charge in [-0.2, -0.15) is 0 Å². The minimum absolute atomic E-state index is 0.555. The molecule has 0 atom stereocenters. The summed E-state index contributed by atoms with van der Waals surface area (Å²) in [7, 11) is 2.14. The molecule has 1 aromatic heterocycles. The number of benzene rings is 2. The Morgan fingerprint density at radius 3 is 2.35 bits per heavy atom. The zero-order chi connectivity index (χ0) is 16.7. The Kier molecular flexibility index (Phi) is 3.97. The van der Waals surface area contributed by atoms with Gasteiger partial charge in [0.1, 0.15) is 7.05 Å². The summed E-state index contributed by atoms with van der Waals surface area (Å²) in [4.78, 5) is 0. The van der Waals surface area contributed by atoms with Crippen molar-refractivity contribution in [3.8, 4) is 11.3 Å². The van der Waals surface area contributed by atoms with Crippen molar-refractivity contribution in [1.29, 1.82) is 0 Å². The van der Waals surface area contributed by atoms with Crippen LogP contribution >= 0.6 is 0 Å². The molecule has 0 amide bonds. The van der Waals surface area contributed by atoms with Gasteiger partial charge in [0.15, 0.2) is 6.20 Å². The molecule has 0 saturated heterocycles. The van der Waals surface area contributed by atoms with Crippen LogP contribution < -0.4 is 4.57 Å². The fourth-order valence-corrected chi connectivity index (χ4v) is 3.37. The topological polar surface area (TPSA) is 3.88 Å². The average Bonchev–Trinajstić information content (AvgIpc) is 2.50. The van der Waals surface area contributed by atoms with Crippen LogP contribution in [0.15, 0.2) is 42.6 Å². The van der Waals surface area contributed by atoms with E-state index in [0.29, 0.717) is 5.92 Å². The molecule has 3 aromatic rings. The summed E-state index contributed by atoms with van der Waals surface area (Å²) in [5.74, 6) is 0.555. The fraction of sp³-hybridized carbons (Fsp3) is 0.318. The van der Waals surface area contributed by atoms with Crippen molar-refractivity contribution < 1.29 is 4.57 Å². The lowest BCUT2D eigenvalue weighted by Gasteiger charge is -2.12. The Bertz CT molecular complexity index is 888. The van der Waals surface area contributed by atoms with E-state index >= 15 is 0 Å². The molecule has 0 bridgehead atoms. The molecular formula is C22H26N+. The number of pyridine rings is 1. The molecule has 1 heteroatoms. The Morgan fingerprint density at radius 1 is 0.913 bits per heavy atom. The van der Waals surface area contributed by atoms with Crippen LogP contribution in [0.1, 0.15) is 42.0 Å². The van der Waals surface area contributed by atoms with Gasteiger partial charge in [-0.3, -0.25) is 0 Å². The van der Waals surface area contributed by atoms with Crippen LogP contribution in [0.5, 0.6) is 0 Å². The summed E-state index contributed by atoms with van der Waals surface area (Å²) in [6, 6.07) is 13.7. The second kappa shape index (κ2) is 5.81. The summed E-state index contributed by atoms with van der Waals surface area (Å²) >= 11 is 0. The highest BCUT2D eigenvalue weighted by Gasteiger charge is 2.18. The van der Waals surface area contributed by atoms with E-state index in [4.69, 9.17) is 0 Å². The zero-order valence-electron chi connectivity index (χ0n) is 15.1. The first-order valence-corrected chi connectivity index (χ1v) is 8.39.